The van der Waals surface area contributed by atoms with Gasteiger partial charge in [0.1, 0.15) is 16.4 Å². The first-order chi connectivity index (χ1) is 15.1. The van der Waals surface area contributed by atoms with Gasteiger partial charge in [-0.25, -0.2) is 8.42 Å². The summed E-state index contributed by atoms with van der Waals surface area (Å²) in [6.45, 7) is 8.81. The molecule has 0 heterocycles. The number of carboxylic acid groups (broad SMARTS) is 1. The fourth-order valence-electron chi connectivity index (χ4n) is 3.22. The third-order valence-corrected chi connectivity index (χ3v) is 6.93. The largest absolute Gasteiger partial charge is 0.481 e. The van der Waals surface area contributed by atoms with Crippen molar-refractivity contribution in [2.75, 3.05) is 6.26 Å². The predicted octanol–water partition coefficient (Wildman–Crippen LogP) is 1.54. The van der Waals surface area contributed by atoms with Gasteiger partial charge in [-0.15, -0.1) is 0 Å². The molecule has 0 aliphatic heterocycles. The fraction of sp³-hybridized carbons (Fsp3) is 0.714. The smallest absolute Gasteiger partial charge is 0.305 e. The Labute approximate surface area is 200 Å². The van der Waals surface area contributed by atoms with E-state index in [2.05, 4.69) is 16.0 Å². The van der Waals surface area contributed by atoms with Gasteiger partial charge in [0.2, 0.25) is 17.7 Å². The first kappa shape index (κ1) is 30.9. The van der Waals surface area contributed by atoms with Crippen molar-refractivity contribution in [1.29, 1.82) is 0 Å². The molecule has 3 amide bonds. The molecule has 0 aromatic carbocycles. The number of carbonyl (C=O) groups excluding carboxylic acids is 3. The topological polar surface area (TPSA) is 159 Å². The number of carbonyl (C=O) groups is 4. The summed E-state index contributed by atoms with van der Waals surface area (Å²) < 4.78 is 22.3. The van der Waals surface area contributed by atoms with E-state index >= 15 is 0 Å². The molecule has 5 unspecified atom stereocenters. The summed E-state index contributed by atoms with van der Waals surface area (Å²) in [5.74, 6) is -2.93. The number of halogens is 1. The van der Waals surface area contributed by atoms with Crippen LogP contribution in [0.25, 0.3) is 0 Å². The van der Waals surface area contributed by atoms with Crippen LogP contribution in [0, 0.1) is 11.8 Å². The normalized spacial score (nSPS) is 16.6. The molecule has 33 heavy (non-hydrogen) atoms. The van der Waals surface area contributed by atoms with Crippen molar-refractivity contribution >= 4 is 45.1 Å². The van der Waals surface area contributed by atoms with E-state index in [0.29, 0.717) is 6.42 Å². The predicted molar refractivity (Wildman–Crippen MR) is 126 cm³/mol. The highest BCUT2D eigenvalue weighted by Gasteiger charge is 2.27. The summed E-state index contributed by atoms with van der Waals surface area (Å²) in [6, 6.07) is -3.19. The molecule has 4 N–H and O–H groups in total. The monoisotopic (exact) mass is 509 g/mol. The zero-order valence-corrected chi connectivity index (χ0v) is 21.5. The zero-order valence-electron chi connectivity index (χ0n) is 20.0. The summed E-state index contributed by atoms with van der Waals surface area (Å²) >= 11 is 5.67. The lowest BCUT2D eigenvalue weighted by molar-refractivity contribution is -0.137. The Morgan fingerprint density at radius 1 is 0.939 bits per heavy atom. The maximum atomic E-state index is 12.6. The molecule has 0 aromatic heterocycles. The fourth-order valence-corrected chi connectivity index (χ4v) is 3.79. The SMILES string of the molecule is CCCC(C)C(CC)C(=O)NC(C)C(=O)NC(C)C(=O)NC(C=C(Cl)S(C)(=O)=O)CC(=O)O. The molecular weight excluding hydrogens is 474 g/mol. The quantitative estimate of drug-likeness (QED) is 0.276. The summed E-state index contributed by atoms with van der Waals surface area (Å²) in [5, 5.41) is 16.5. The number of hydrogen-bond acceptors (Lipinski definition) is 6. The van der Waals surface area contributed by atoms with Crippen molar-refractivity contribution in [3.63, 3.8) is 0 Å². The standard InChI is InChI=1S/C21H36ClN3O7S/c1-7-9-12(3)16(8-2)21(30)24-13(4)19(28)23-14(5)20(29)25-15(11-18(26)27)10-17(22)33(6,31)32/h10,12-16H,7-9,11H2,1-6H3,(H,23,28)(H,24,30)(H,25,29)(H,26,27). The third-order valence-electron chi connectivity index (χ3n) is 5.12. The van der Waals surface area contributed by atoms with Gasteiger partial charge >= 0.3 is 5.97 Å². The van der Waals surface area contributed by atoms with E-state index in [4.69, 9.17) is 16.7 Å². The summed E-state index contributed by atoms with van der Waals surface area (Å²) in [7, 11) is -3.78. The van der Waals surface area contributed by atoms with Gasteiger partial charge in [-0.05, 0) is 32.3 Å². The third kappa shape index (κ3) is 11.5. The number of amides is 3. The van der Waals surface area contributed by atoms with Gasteiger partial charge in [-0.2, -0.15) is 0 Å². The van der Waals surface area contributed by atoms with Crippen LogP contribution in [0.2, 0.25) is 0 Å². The maximum absolute atomic E-state index is 12.6. The van der Waals surface area contributed by atoms with Crippen molar-refractivity contribution in [2.24, 2.45) is 11.8 Å². The van der Waals surface area contributed by atoms with Crippen molar-refractivity contribution in [3.8, 4) is 0 Å². The lowest BCUT2D eigenvalue weighted by atomic mass is 9.87. The average molecular weight is 510 g/mol. The van der Waals surface area contributed by atoms with Crippen LogP contribution in [0.15, 0.2) is 10.4 Å². The summed E-state index contributed by atoms with van der Waals surface area (Å²) in [5.41, 5.74) is 0. The second kappa shape index (κ2) is 14.2. The maximum Gasteiger partial charge on any atom is 0.305 e. The molecule has 0 bridgehead atoms. The molecule has 0 rings (SSSR count). The number of hydrogen-bond donors (Lipinski definition) is 4. The first-order valence-corrected chi connectivity index (χ1v) is 13.1. The number of sulfone groups is 1. The van der Waals surface area contributed by atoms with Gasteiger partial charge < -0.3 is 21.1 Å². The highest BCUT2D eigenvalue weighted by atomic mass is 35.5. The number of nitrogens with one attached hydrogen (secondary N) is 3. The summed E-state index contributed by atoms with van der Waals surface area (Å²) in [4.78, 5) is 48.5. The highest BCUT2D eigenvalue weighted by Crippen LogP contribution is 2.20. The van der Waals surface area contributed by atoms with E-state index in [-0.39, 0.29) is 17.7 Å². The molecule has 0 radical (unpaired) electrons. The van der Waals surface area contributed by atoms with E-state index in [1.807, 2.05) is 20.8 Å². The van der Waals surface area contributed by atoms with Crippen LogP contribution in [0.3, 0.4) is 0 Å². The zero-order chi connectivity index (χ0) is 25.9. The average Bonchev–Trinajstić information content (AvgIpc) is 2.67. The number of rotatable bonds is 14. The lowest BCUT2D eigenvalue weighted by Gasteiger charge is -2.24. The van der Waals surface area contributed by atoms with E-state index in [9.17, 15) is 27.6 Å². The second-order valence-corrected chi connectivity index (χ2v) is 10.8. The van der Waals surface area contributed by atoms with Gasteiger partial charge in [-0.3, -0.25) is 19.2 Å². The van der Waals surface area contributed by atoms with Gasteiger partial charge in [-0.1, -0.05) is 45.2 Å². The van der Waals surface area contributed by atoms with Gasteiger partial charge in [0, 0.05) is 12.2 Å². The molecule has 0 saturated heterocycles. The first-order valence-electron chi connectivity index (χ1n) is 10.8. The van der Waals surface area contributed by atoms with Crippen LogP contribution in [0.4, 0.5) is 0 Å². The Balaban J connectivity index is 5.11. The summed E-state index contributed by atoms with van der Waals surface area (Å²) in [6.07, 6.45) is 3.62. The van der Waals surface area contributed by atoms with Crippen LogP contribution in [-0.4, -0.2) is 61.6 Å². The lowest BCUT2D eigenvalue weighted by Crippen LogP contribution is -2.53. The molecule has 5 atom stereocenters. The Morgan fingerprint density at radius 2 is 1.42 bits per heavy atom. The Bertz CT molecular complexity index is 845. The van der Waals surface area contributed by atoms with Crippen molar-refractivity contribution in [2.45, 2.75) is 78.4 Å². The van der Waals surface area contributed by atoms with Gasteiger partial charge in [0.05, 0.1) is 12.5 Å². The molecule has 0 aliphatic rings. The van der Waals surface area contributed by atoms with Crippen molar-refractivity contribution in [3.05, 3.63) is 10.4 Å². The van der Waals surface area contributed by atoms with E-state index in [0.717, 1.165) is 25.2 Å². The minimum Gasteiger partial charge on any atom is -0.481 e. The Hall–Kier alpha value is -2.14. The van der Waals surface area contributed by atoms with Crippen LogP contribution in [-0.2, 0) is 29.0 Å². The number of aliphatic carboxylic acids is 1. The molecule has 0 aromatic rings. The Kier molecular flexibility index (Phi) is 13.3. The van der Waals surface area contributed by atoms with Gasteiger partial charge in [0.15, 0.2) is 9.84 Å². The van der Waals surface area contributed by atoms with Crippen LogP contribution >= 0.6 is 11.6 Å². The molecule has 0 saturated carbocycles. The van der Waals surface area contributed by atoms with E-state index in [1.165, 1.54) is 13.8 Å². The molecule has 190 valence electrons. The molecule has 0 aliphatic carbocycles. The molecule has 0 fully saturated rings. The Morgan fingerprint density at radius 3 is 1.85 bits per heavy atom. The molecule has 0 spiro atoms. The highest BCUT2D eigenvalue weighted by molar-refractivity contribution is 7.96. The molecule has 12 heteroatoms. The molecular formula is C21H36ClN3O7S. The van der Waals surface area contributed by atoms with Crippen LogP contribution in [0.5, 0.6) is 0 Å². The minimum absolute atomic E-state index is 0.165. The molecule has 10 nitrogen and oxygen atoms in total. The number of carboxylic acids is 1. The second-order valence-electron chi connectivity index (χ2n) is 8.20. The van der Waals surface area contributed by atoms with Crippen LogP contribution < -0.4 is 16.0 Å². The van der Waals surface area contributed by atoms with Gasteiger partial charge in [0.25, 0.3) is 0 Å². The van der Waals surface area contributed by atoms with E-state index < -0.39 is 56.5 Å². The van der Waals surface area contributed by atoms with Crippen LogP contribution in [0.1, 0.15) is 60.3 Å². The van der Waals surface area contributed by atoms with Crippen molar-refractivity contribution < 1.29 is 32.7 Å². The van der Waals surface area contributed by atoms with Crippen molar-refractivity contribution in [1.82, 2.24) is 16.0 Å². The minimum atomic E-state index is -3.78. The van der Waals surface area contributed by atoms with E-state index in [1.54, 1.807) is 0 Å².